The number of ether oxygens (including phenoxy) is 2. The first-order chi connectivity index (χ1) is 13.6. The van der Waals surface area contributed by atoms with Crippen LogP contribution in [0.5, 0.6) is 5.75 Å². The minimum Gasteiger partial charge on any atom is -0.494 e. The SMILES string of the molecule is CCCCOC(=O)NC(=N)Nc1nc(-c2cccc(OCCCCBr)c2)cs1. The third-order valence-electron chi connectivity index (χ3n) is 3.62. The number of thiazole rings is 1. The van der Waals surface area contributed by atoms with Crippen molar-refractivity contribution < 1.29 is 14.3 Å². The standard InChI is InChI=1S/C19H25BrN4O3S/c1-2-3-10-27-19(25)24-17(21)23-18-22-16(13-28-18)14-7-6-8-15(12-14)26-11-5-4-9-20/h6-8,12-13H,2-5,9-11H2,1H3,(H3,21,22,23,24,25). The molecule has 0 saturated heterocycles. The number of halogens is 1. The molecule has 0 radical (unpaired) electrons. The molecule has 0 saturated carbocycles. The van der Waals surface area contributed by atoms with Crippen molar-refractivity contribution in [2.75, 3.05) is 23.9 Å². The van der Waals surface area contributed by atoms with Gasteiger partial charge < -0.3 is 14.8 Å². The van der Waals surface area contributed by atoms with E-state index in [0.29, 0.717) is 18.3 Å². The van der Waals surface area contributed by atoms with Gasteiger partial charge in [0.2, 0.25) is 5.96 Å². The Morgan fingerprint density at radius 3 is 2.93 bits per heavy atom. The van der Waals surface area contributed by atoms with Crippen molar-refractivity contribution in [3.05, 3.63) is 29.6 Å². The minimum atomic E-state index is -0.646. The van der Waals surface area contributed by atoms with Crippen molar-refractivity contribution in [1.82, 2.24) is 10.3 Å². The number of benzene rings is 1. The molecule has 0 spiro atoms. The molecule has 0 atom stereocenters. The Hall–Kier alpha value is -2.13. The zero-order valence-corrected chi connectivity index (χ0v) is 18.2. The third-order valence-corrected chi connectivity index (χ3v) is 4.94. The van der Waals surface area contributed by atoms with E-state index in [1.54, 1.807) is 0 Å². The van der Waals surface area contributed by atoms with Crippen LogP contribution < -0.4 is 15.4 Å². The molecular formula is C19H25BrN4O3S. The molecule has 1 heterocycles. The van der Waals surface area contributed by atoms with E-state index < -0.39 is 6.09 Å². The molecule has 3 N–H and O–H groups in total. The number of aromatic nitrogens is 1. The highest BCUT2D eigenvalue weighted by atomic mass is 79.9. The molecule has 0 bridgehead atoms. The summed E-state index contributed by atoms with van der Waals surface area (Å²) in [5, 5.41) is 16.3. The van der Waals surface area contributed by atoms with Crippen molar-refractivity contribution in [1.29, 1.82) is 5.41 Å². The number of hydrogen-bond donors (Lipinski definition) is 3. The van der Waals surface area contributed by atoms with Crippen LogP contribution >= 0.6 is 27.3 Å². The first kappa shape index (κ1) is 22.2. The number of nitrogens with one attached hydrogen (secondary N) is 3. The Morgan fingerprint density at radius 1 is 1.29 bits per heavy atom. The van der Waals surface area contributed by atoms with Crippen molar-refractivity contribution in [2.45, 2.75) is 32.6 Å². The van der Waals surface area contributed by atoms with Gasteiger partial charge in [-0.05, 0) is 31.4 Å². The predicted molar refractivity (Wildman–Crippen MR) is 117 cm³/mol. The van der Waals surface area contributed by atoms with Crippen molar-refractivity contribution >= 4 is 44.5 Å². The Bertz CT molecular complexity index is 769. The maximum Gasteiger partial charge on any atom is 0.413 e. The summed E-state index contributed by atoms with van der Waals surface area (Å²) >= 11 is 4.76. The van der Waals surface area contributed by atoms with Crippen molar-refractivity contribution in [2.24, 2.45) is 0 Å². The Labute approximate surface area is 177 Å². The number of alkyl carbamates (subject to hydrolysis) is 1. The molecule has 2 aromatic rings. The zero-order chi connectivity index (χ0) is 20.2. The van der Waals surface area contributed by atoms with Gasteiger partial charge in [0.15, 0.2) is 5.13 Å². The van der Waals surface area contributed by atoms with E-state index in [1.165, 1.54) is 11.3 Å². The lowest BCUT2D eigenvalue weighted by molar-refractivity contribution is 0.150. The molecule has 0 aliphatic carbocycles. The lowest BCUT2D eigenvalue weighted by Crippen LogP contribution is -2.35. The Balaban J connectivity index is 1.87. The summed E-state index contributed by atoms with van der Waals surface area (Å²) in [6, 6.07) is 7.75. The molecule has 0 unspecified atom stereocenters. The molecule has 1 aromatic carbocycles. The molecule has 152 valence electrons. The van der Waals surface area contributed by atoms with Gasteiger partial charge in [-0.15, -0.1) is 11.3 Å². The van der Waals surface area contributed by atoms with Crippen LogP contribution in [0.3, 0.4) is 0 Å². The van der Waals surface area contributed by atoms with E-state index in [1.807, 2.05) is 36.6 Å². The van der Waals surface area contributed by atoms with Gasteiger partial charge in [-0.1, -0.05) is 41.4 Å². The van der Waals surface area contributed by atoms with Crippen LogP contribution in [0.1, 0.15) is 32.6 Å². The second-order valence-electron chi connectivity index (χ2n) is 5.92. The molecule has 0 fully saturated rings. The average molecular weight is 469 g/mol. The number of alkyl halides is 1. The van der Waals surface area contributed by atoms with Crippen molar-refractivity contribution in [3.8, 4) is 17.0 Å². The fourth-order valence-electron chi connectivity index (χ4n) is 2.18. The lowest BCUT2D eigenvalue weighted by atomic mass is 10.2. The Kier molecular flexibility index (Phi) is 9.78. The second kappa shape index (κ2) is 12.4. The first-order valence-electron chi connectivity index (χ1n) is 9.16. The van der Waals surface area contributed by atoms with Crippen LogP contribution in [0.2, 0.25) is 0 Å². The predicted octanol–water partition coefficient (Wildman–Crippen LogP) is 5.24. The van der Waals surface area contributed by atoms with Crippen LogP contribution in [0, 0.1) is 5.41 Å². The van der Waals surface area contributed by atoms with Gasteiger partial charge in [0.25, 0.3) is 0 Å². The lowest BCUT2D eigenvalue weighted by Gasteiger charge is -2.08. The molecule has 0 aliphatic heterocycles. The first-order valence-corrected chi connectivity index (χ1v) is 11.2. The van der Waals surface area contributed by atoms with E-state index in [2.05, 4.69) is 31.5 Å². The fourth-order valence-corrected chi connectivity index (χ4v) is 3.30. The number of nitrogens with zero attached hydrogens (tertiary/aromatic N) is 1. The van der Waals surface area contributed by atoms with E-state index in [-0.39, 0.29) is 5.96 Å². The molecule has 9 heteroatoms. The normalized spacial score (nSPS) is 10.4. The number of rotatable bonds is 10. The minimum absolute atomic E-state index is 0.175. The zero-order valence-electron chi connectivity index (χ0n) is 15.8. The molecule has 0 aliphatic rings. The Morgan fingerprint density at radius 2 is 2.14 bits per heavy atom. The monoisotopic (exact) mass is 468 g/mol. The van der Waals surface area contributed by atoms with Gasteiger partial charge in [0.1, 0.15) is 5.75 Å². The van der Waals surface area contributed by atoms with E-state index >= 15 is 0 Å². The topological polar surface area (TPSA) is 96.3 Å². The van der Waals surface area contributed by atoms with Crippen LogP contribution in [-0.2, 0) is 4.74 Å². The van der Waals surface area contributed by atoms with Crippen LogP contribution in [0.25, 0.3) is 11.3 Å². The van der Waals surface area contributed by atoms with Gasteiger partial charge in [0.05, 0.1) is 18.9 Å². The number of unbranched alkanes of at least 4 members (excludes halogenated alkanes) is 2. The van der Waals surface area contributed by atoms with Gasteiger partial charge in [-0.3, -0.25) is 10.7 Å². The second-order valence-corrected chi connectivity index (χ2v) is 7.58. The van der Waals surface area contributed by atoms with E-state index in [9.17, 15) is 4.79 Å². The summed E-state index contributed by atoms with van der Waals surface area (Å²) in [6.07, 6.45) is 3.16. The fraction of sp³-hybridized carbons (Fsp3) is 0.421. The molecule has 28 heavy (non-hydrogen) atoms. The highest BCUT2D eigenvalue weighted by Gasteiger charge is 2.10. The van der Waals surface area contributed by atoms with Gasteiger partial charge in [-0.2, -0.15) is 0 Å². The number of guanidine groups is 1. The quantitative estimate of drug-likeness (QED) is 0.192. The number of hydrogen-bond acceptors (Lipinski definition) is 6. The molecule has 1 aromatic heterocycles. The molecule has 2 rings (SSSR count). The third kappa shape index (κ3) is 7.85. The average Bonchev–Trinajstić information content (AvgIpc) is 3.14. The number of carbonyl (C=O) groups excluding carboxylic acids is 1. The van der Waals surface area contributed by atoms with E-state index in [4.69, 9.17) is 14.9 Å². The van der Waals surface area contributed by atoms with Crippen LogP contribution in [0.15, 0.2) is 29.6 Å². The number of anilines is 1. The van der Waals surface area contributed by atoms with Gasteiger partial charge in [-0.25, -0.2) is 9.78 Å². The molecule has 7 nitrogen and oxygen atoms in total. The maximum absolute atomic E-state index is 11.6. The summed E-state index contributed by atoms with van der Waals surface area (Å²) in [6.45, 7) is 3.03. The summed E-state index contributed by atoms with van der Waals surface area (Å²) in [5.74, 6) is 0.630. The summed E-state index contributed by atoms with van der Waals surface area (Å²) in [5.41, 5.74) is 1.71. The van der Waals surface area contributed by atoms with E-state index in [0.717, 1.165) is 48.0 Å². The maximum atomic E-state index is 11.6. The number of carbonyl (C=O) groups is 1. The molecular weight excluding hydrogens is 444 g/mol. The van der Waals surface area contributed by atoms with Gasteiger partial charge >= 0.3 is 6.09 Å². The summed E-state index contributed by atoms with van der Waals surface area (Å²) in [4.78, 5) is 16.0. The highest BCUT2D eigenvalue weighted by molar-refractivity contribution is 9.09. The smallest absolute Gasteiger partial charge is 0.413 e. The van der Waals surface area contributed by atoms with Crippen LogP contribution in [0.4, 0.5) is 9.93 Å². The summed E-state index contributed by atoms with van der Waals surface area (Å²) < 4.78 is 10.7. The van der Waals surface area contributed by atoms with Crippen LogP contribution in [-0.4, -0.2) is 35.6 Å². The summed E-state index contributed by atoms with van der Waals surface area (Å²) in [7, 11) is 0. The number of amides is 1. The van der Waals surface area contributed by atoms with Crippen molar-refractivity contribution in [3.63, 3.8) is 0 Å². The highest BCUT2D eigenvalue weighted by Crippen LogP contribution is 2.27. The van der Waals surface area contributed by atoms with Gasteiger partial charge in [0, 0.05) is 16.3 Å². The molecule has 1 amide bonds. The largest absolute Gasteiger partial charge is 0.494 e.